The van der Waals surface area contributed by atoms with E-state index < -0.39 is 0 Å². The molecule has 2 nitrogen and oxygen atoms in total. The zero-order valence-electron chi connectivity index (χ0n) is 21.1. The van der Waals surface area contributed by atoms with Crippen molar-refractivity contribution in [2.45, 2.75) is 122 Å². The van der Waals surface area contributed by atoms with Gasteiger partial charge in [-0.3, -0.25) is 0 Å². The minimum atomic E-state index is 0.484. The van der Waals surface area contributed by atoms with Gasteiger partial charge < -0.3 is 4.74 Å². The Morgan fingerprint density at radius 3 is 2.27 bits per heavy atom. The van der Waals surface area contributed by atoms with Crippen molar-refractivity contribution in [1.29, 1.82) is 5.26 Å². The van der Waals surface area contributed by atoms with Crippen LogP contribution in [0.25, 0.3) is 0 Å². The Labute approximate surface area is 203 Å². The van der Waals surface area contributed by atoms with Crippen LogP contribution in [0.5, 0.6) is 0 Å². The molecule has 2 aliphatic rings. The van der Waals surface area contributed by atoms with Gasteiger partial charge in [-0.15, -0.1) is 0 Å². The number of benzene rings is 1. The van der Waals surface area contributed by atoms with Crippen LogP contribution in [-0.4, -0.2) is 12.7 Å². The minimum Gasteiger partial charge on any atom is -0.378 e. The number of ether oxygens (including phenoxy) is 1. The smallest absolute Gasteiger partial charge is 0.0908 e. The molecule has 2 fully saturated rings. The molecule has 3 rings (SSSR count). The van der Waals surface area contributed by atoms with Gasteiger partial charge in [-0.25, -0.2) is 0 Å². The molecular formula is C31H47NO. The van der Waals surface area contributed by atoms with Crippen LogP contribution < -0.4 is 0 Å². The third-order valence-electron chi connectivity index (χ3n) is 8.16. The topological polar surface area (TPSA) is 33.0 Å². The van der Waals surface area contributed by atoms with Crippen LogP contribution in [-0.2, 0) is 11.2 Å². The number of aryl methyl sites for hydroxylation is 1. The summed E-state index contributed by atoms with van der Waals surface area (Å²) in [6, 6.07) is 11.7. The molecule has 0 N–H and O–H groups in total. The van der Waals surface area contributed by atoms with Gasteiger partial charge in [-0.05, 0) is 93.1 Å². The van der Waals surface area contributed by atoms with Crippen molar-refractivity contribution in [3.05, 3.63) is 47.5 Å². The van der Waals surface area contributed by atoms with Gasteiger partial charge in [0.1, 0.15) is 0 Å². The molecule has 0 amide bonds. The Balaban J connectivity index is 1.27. The molecule has 0 atom stereocenters. The molecule has 0 aliphatic heterocycles. The largest absolute Gasteiger partial charge is 0.378 e. The van der Waals surface area contributed by atoms with Gasteiger partial charge in [0.25, 0.3) is 0 Å². The van der Waals surface area contributed by atoms with Crippen molar-refractivity contribution >= 4 is 0 Å². The van der Waals surface area contributed by atoms with Gasteiger partial charge in [-0.1, -0.05) is 75.8 Å². The highest BCUT2D eigenvalue weighted by molar-refractivity contribution is 5.26. The van der Waals surface area contributed by atoms with Gasteiger partial charge in [0.05, 0.1) is 12.2 Å². The first-order valence-corrected chi connectivity index (χ1v) is 14.0. The lowest BCUT2D eigenvalue weighted by Crippen LogP contribution is -2.25. The number of nitriles is 1. The number of hydrogen-bond donors (Lipinski definition) is 0. The predicted molar refractivity (Wildman–Crippen MR) is 139 cm³/mol. The quantitative estimate of drug-likeness (QED) is 0.222. The van der Waals surface area contributed by atoms with Crippen molar-refractivity contribution in [2.75, 3.05) is 6.61 Å². The Morgan fingerprint density at radius 1 is 0.879 bits per heavy atom. The Bertz CT molecular complexity index is 699. The fourth-order valence-electron chi connectivity index (χ4n) is 5.88. The maximum Gasteiger partial charge on any atom is 0.0908 e. The molecule has 1 aromatic rings. The summed E-state index contributed by atoms with van der Waals surface area (Å²) in [5, 5.41) is 8.58. The summed E-state index contributed by atoms with van der Waals surface area (Å²) in [6.45, 7) is 3.26. The van der Waals surface area contributed by atoms with Crippen LogP contribution in [0.4, 0.5) is 0 Å². The molecule has 2 aliphatic carbocycles. The van der Waals surface area contributed by atoms with Crippen molar-refractivity contribution in [3.8, 4) is 6.07 Å². The van der Waals surface area contributed by atoms with Crippen LogP contribution in [0.2, 0.25) is 0 Å². The molecule has 2 saturated carbocycles. The van der Waals surface area contributed by atoms with Crippen LogP contribution in [0.15, 0.2) is 36.4 Å². The van der Waals surface area contributed by atoms with Crippen molar-refractivity contribution < 1.29 is 4.74 Å². The summed E-state index contributed by atoms with van der Waals surface area (Å²) in [6.07, 6.45) is 24.8. The van der Waals surface area contributed by atoms with Gasteiger partial charge in [0, 0.05) is 12.7 Å². The molecule has 182 valence electrons. The number of unbranched alkanes of at least 4 members (excludes halogenated alkanes) is 4. The molecular weight excluding hydrogens is 402 g/mol. The van der Waals surface area contributed by atoms with Crippen molar-refractivity contribution in [1.82, 2.24) is 0 Å². The van der Waals surface area contributed by atoms with Crippen LogP contribution in [0.1, 0.15) is 120 Å². The van der Waals surface area contributed by atoms with Crippen LogP contribution >= 0.6 is 0 Å². The maximum atomic E-state index is 8.58. The maximum absolute atomic E-state index is 8.58. The zero-order chi connectivity index (χ0) is 23.1. The number of rotatable bonds is 13. The van der Waals surface area contributed by atoms with E-state index >= 15 is 0 Å². The van der Waals surface area contributed by atoms with E-state index in [0.717, 1.165) is 30.8 Å². The fourth-order valence-corrected chi connectivity index (χ4v) is 5.88. The van der Waals surface area contributed by atoms with Crippen LogP contribution in [0, 0.1) is 23.2 Å². The van der Waals surface area contributed by atoms with Gasteiger partial charge in [0.15, 0.2) is 0 Å². The van der Waals surface area contributed by atoms with E-state index in [1.807, 2.05) is 6.08 Å². The predicted octanol–water partition coefficient (Wildman–Crippen LogP) is 8.91. The highest BCUT2D eigenvalue weighted by Gasteiger charge is 2.25. The normalized spacial score (nSPS) is 25.8. The van der Waals surface area contributed by atoms with E-state index in [2.05, 4.69) is 37.3 Å². The fraction of sp³-hybridized carbons (Fsp3) is 0.710. The average molecular weight is 450 g/mol. The number of hydrogen-bond acceptors (Lipinski definition) is 2. The second-order valence-corrected chi connectivity index (χ2v) is 10.7. The van der Waals surface area contributed by atoms with Crippen LogP contribution in [0.3, 0.4) is 0 Å². The third-order valence-corrected chi connectivity index (χ3v) is 8.16. The Morgan fingerprint density at radius 2 is 1.58 bits per heavy atom. The molecule has 0 heterocycles. The van der Waals surface area contributed by atoms with Gasteiger partial charge in [-0.2, -0.15) is 5.26 Å². The van der Waals surface area contributed by atoms with E-state index in [-0.39, 0.29) is 0 Å². The standard InChI is InChI=1S/C31H47NO/c1-2-3-4-5-7-10-27-16-18-29(19-17-27)30-20-22-31(23-21-30)33-25-28-14-12-26(13-15-28)11-8-6-9-24-32/h6,9,16-19,26,28,30-31H,2-5,7-8,10-15,20-23,25H2,1H3. The zero-order valence-corrected chi connectivity index (χ0v) is 21.1. The summed E-state index contributed by atoms with van der Waals surface area (Å²) in [5.74, 6) is 2.35. The molecule has 0 unspecified atom stereocenters. The lowest BCUT2D eigenvalue weighted by atomic mass is 9.80. The minimum absolute atomic E-state index is 0.484. The lowest BCUT2D eigenvalue weighted by Gasteiger charge is -2.32. The molecule has 0 radical (unpaired) electrons. The van der Waals surface area contributed by atoms with E-state index in [0.29, 0.717) is 6.10 Å². The van der Waals surface area contributed by atoms with Gasteiger partial charge in [0.2, 0.25) is 0 Å². The second-order valence-electron chi connectivity index (χ2n) is 10.7. The summed E-state index contributed by atoms with van der Waals surface area (Å²) in [7, 11) is 0. The SMILES string of the molecule is CCCCCCCc1ccc(C2CCC(OCC3CCC(CCC=CC#N)CC3)CC2)cc1. The van der Waals surface area contributed by atoms with E-state index in [1.165, 1.54) is 102 Å². The molecule has 2 heteroatoms. The first-order chi connectivity index (χ1) is 16.3. The second kappa shape index (κ2) is 15.3. The summed E-state index contributed by atoms with van der Waals surface area (Å²) >= 11 is 0. The third kappa shape index (κ3) is 9.66. The molecule has 1 aromatic carbocycles. The number of allylic oxidation sites excluding steroid dienone is 2. The molecule has 33 heavy (non-hydrogen) atoms. The van der Waals surface area contributed by atoms with Crippen molar-refractivity contribution in [3.63, 3.8) is 0 Å². The highest BCUT2D eigenvalue weighted by atomic mass is 16.5. The van der Waals surface area contributed by atoms with E-state index in [4.69, 9.17) is 10.00 Å². The average Bonchev–Trinajstić information content (AvgIpc) is 2.87. The molecule has 0 spiro atoms. The summed E-state index contributed by atoms with van der Waals surface area (Å²) in [4.78, 5) is 0. The molecule has 0 aromatic heterocycles. The highest BCUT2D eigenvalue weighted by Crippen LogP contribution is 2.36. The first kappa shape index (κ1) is 26.0. The Kier molecular flexibility index (Phi) is 12.1. The first-order valence-electron chi connectivity index (χ1n) is 14.0. The molecule has 0 bridgehead atoms. The van der Waals surface area contributed by atoms with Gasteiger partial charge >= 0.3 is 0 Å². The van der Waals surface area contributed by atoms with Crippen molar-refractivity contribution in [2.24, 2.45) is 11.8 Å². The van der Waals surface area contributed by atoms with E-state index in [9.17, 15) is 0 Å². The monoisotopic (exact) mass is 449 g/mol. The summed E-state index contributed by atoms with van der Waals surface area (Å²) in [5.41, 5.74) is 3.06. The Hall–Kier alpha value is -1.59. The van der Waals surface area contributed by atoms with E-state index in [1.54, 1.807) is 11.6 Å². The molecule has 0 saturated heterocycles. The summed E-state index contributed by atoms with van der Waals surface area (Å²) < 4.78 is 6.40. The lowest BCUT2D eigenvalue weighted by molar-refractivity contribution is -0.00474. The number of nitrogens with zero attached hydrogens (tertiary/aromatic N) is 1.